The van der Waals surface area contributed by atoms with Gasteiger partial charge in [0.25, 0.3) is 5.69 Å². The van der Waals surface area contributed by atoms with E-state index in [1.165, 1.54) is 24.4 Å². The maximum absolute atomic E-state index is 10.7. The number of aliphatic imine (C=N–C) groups is 1. The topological polar surface area (TPSA) is 55.5 Å². The number of nitrogens with zero attached hydrogens (tertiary/aromatic N) is 2. The summed E-state index contributed by atoms with van der Waals surface area (Å²) in [6.07, 6.45) is 1.53. The van der Waals surface area contributed by atoms with Crippen molar-refractivity contribution in [2.24, 2.45) is 4.99 Å². The van der Waals surface area contributed by atoms with Crippen LogP contribution in [0.1, 0.15) is 5.56 Å². The Morgan fingerprint density at radius 2 is 2.05 bits per heavy atom. The lowest BCUT2D eigenvalue weighted by Crippen LogP contribution is -1.90. The number of rotatable bonds is 3. The van der Waals surface area contributed by atoms with Crippen molar-refractivity contribution in [2.75, 3.05) is 0 Å². The molecule has 0 bridgehead atoms. The predicted octanol–water partition coefficient (Wildman–Crippen LogP) is 4.60. The van der Waals surface area contributed by atoms with E-state index in [0.717, 1.165) is 9.26 Å². The fraction of sp³-hybridized carbons (Fsp3) is 0. The molecular formula is C13H8ClIN2O2. The van der Waals surface area contributed by atoms with Crippen molar-refractivity contribution < 1.29 is 4.92 Å². The normalized spacial score (nSPS) is 10.8. The summed E-state index contributed by atoms with van der Waals surface area (Å²) >= 11 is 8.17. The van der Waals surface area contributed by atoms with Crippen LogP contribution in [0.25, 0.3) is 0 Å². The predicted molar refractivity (Wildman–Crippen MR) is 84.5 cm³/mol. The van der Waals surface area contributed by atoms with E-state index >= 15 is 0 Å². The number of nitro benzene ring substituents is 1. The number of non-ortho nitro benzene ring substituents is 1. The van der Waals surface area contributed by atoms with Gasteiger partial charge in [0, 0.05) is 32.5 Å². The number of hydrogen-bond acceptors (Lipinski definition) is 3. The van der Waals surface area contributed by atoms with Crippen molar-refractivity contribution in [1.82, 2.24) is 0 Å². The van der Waals surface area contributed by atoms with Crippen LogP contribution in [-0.4, -0.2) is 11.1 Å². The summed E-state index contributed by atoms with van der Waals surface area (Å²) in [6.45, 7) is 0. The van der Waals surface area contributed by atoms with E-state index in [-0.39, 0.29) is 5.69 Å². The lowest BCUT2D eigenvalue weighted by Gasteiger charge is -1.98. The summed E-state index contributed by atoms with van der Waals surface area (Å²) in [6, 6.07) is 11.9. The van der Waals surface area contributed by atoms with Crippen molar-refractivity contribution in [3.63, 3.8) is 0 Å². The van der Waals surface area contributed by atoms with Gasteiger partial charge in [-0.1, -0.05) is 17.7 Å². The van der Waals surface area contributed by atoms with Gasteiger partial charge in [-0.25, -0.2) is 0 Å². The molecule has 0 saturated heterocycles. The van der Waals surface area contributed by atoms with Crippen LogP contribution < -0.4 is 0 Å². The van der Waals surface area contributed by atoms with Crippen molar-refractivity contribution >= 4 is 51.8 Å². The van der Waals surface area contributed by atoms with Crippen molar-refractivity contribution in [2.45, 2.75) is 0 Å². The molecule has 0 amide bonds. The largest absolute Gasteiger partial charge is 0.270 e. The highest BCUT2D eigenvalue weighted by atomic mass is 127. The van der Waals surface area contributed by atoms with Crippen LogP contribution in [0.15, 0.2) is 47.5 Å². The number of benzene rings is 2. The Balaban J connectivity index is 2.32. The highest BCUT2D eigenvalue weighted by Crippen LogP contribution is 2.22. The summed E-state index contributed by atoms with van der Waals surface area (Å²) in [5.74, 6) is 0. The van der Waals surface area contributed by atoms with Gasteiger partial charge in [-0.05, 0) is 46.9 Å². The lowest BCUT2D eigenvalue weighted by molar-refractivity contribution is -0.384. The number of halogens is 2. The summed E-state index contributed by atoms with van der Waals surface area (Å²) in [5.41, 5.74) is 1.29. The van der Waals surface area contributed by atoms with Crippen LogP contribution in [0.2, 0.25) is 5.02 Å². The monoisotopic (exact) mass is 386 g/mol. The zero-order chi connectivity index (χ0) is 13.8. The first-order valence-electron chi connectivity index (χ1n) is 5.30. The van der Waals surface area contributed by atoms with Crippen LogP contribution >= 0.6 is 34.2 Å². The third-order valence-electron chi connectivity index (χ3n) is 2.35. The van der Waals surface area contributed by atoms with E-state index in [1.807, 2.05) is 24.3 Å². The lowest BCUT2D eigenvalue weighted by atomic mass is 10.2. The van der Waals surface area contributed by atoms with Crippen LogP contribution in [0.4, 0.5) is 11.4 Å². The highest BCUT2D eigenvalue weighted by Gasteiger charge is 2.08. The Bertz CT molecular complexity index is 659. The van der Waals surface area contributed by atoms with Gasteiger partial charge < -0.3 is 0 Å². The van der Waals surface area contributed by atoms with Crippen LogP contribution in [-0.2, 0) is 0 Å². The molecule has 0 atom stereocenters. The molecule has 0 unspecified atom stereocenters. The maximum Gasteiger partial charge on any atom is 0.270 e. The van der Waals surface area contributed by atoms with E-state index in [2.05, 4.69) is 27.6 Å². The molecule has 4 nitrogen and oxygen atoms in total. The molecule has 0 N–H and O–H groups in total. The smallest absolute Gasteiger partial charge is 0.258 e. The van der Waals surface area contributed by atoms with E-state index < -0.39 is 4.92 Å². The number of hydrogen-bond donors (Lipinski definition) is 0. The Labute approximate surface area is 128 Å². The van der Waals surface area contributed by atoms with Crippen molar-refractivity contribution in [1.29, 1.82) is 0 Å². The van der Waals surface area contributed by atoms with Gasteiger partial charge in [0.1, 0.15) is 0 Å². The van der Waals surface area contributed by atoms with Gasteiger partial charge >= 0.3 is 0 Å². The molecule has 2 rings (SSSR count). The summed E-state index contributed by atoms with van der Waals surface area (Å²) < 4.78 is 1.07. The molecule has 0 radical (unpaired) electrons. The molecular weight excluding hydrogens is 379 g/mol. The molecule has 2 aromatic rings. The van der Waals surface area contributed by atoms with Crippen LogP contribution in [0, 0.1) is 13.7 Å². The second-order valence-corrected chi connectivity index (χ2v) is 5.35. The fourth-order valence-electron chi connectivity index (χ4n) is 1.44. The second-order valence-electron chi connectivity index (χ2n) is 3.70. The molecule has 6 heteroatoms. The zero-order valence-corrected chi connectivity index (χ0v) is 12.5. The SMILES string of the molecule is O=[N+]([O-])c1ccc(Cl)c(C=Nc2cccc(I)c2)c1. The molecule has 0 saturated carbocycles. The van der Waals surface area contributed by atoms with Crippen molar-refractivity contribution in [3.05, 3.63) is 66.7 Å². The molecule has 0 aliphatic rings. The summed E-state index contributed by atoms with van der Waals surface area (Å²) in [5, 5.41) is 11.1. The number of nitro groups is 1. The third-order valence-corrected chi connectivity index (χ3v) is 3.37. The quantitative estimate of drug-likeness (QED) is 0.335. The van der Waals surface area contributed by atoms with Gasteiger partial charge in [-0.2, -0.15) is 0 Å². The van der Waals surface area contributed by atoms with Gasteiger partial charge in [0.05, 0.1) is 10.6 Å². The van der Waals surface area contributed by atoms with Gasteiger partial charge in [-0.15, -0.1) is 0 Å². The Morgan fingerprint density at radius 3 is 2.74 bits per heavy atom. The molecule has 0 heterocycles. The van der Waals surface area contributed by atoms with E-state index in [9.17, 15) is 10.1 Å². The molecule has 19 heavy (non-hydrogen) atoms. The molecule has 0 aromatic heterocycles. The summed E-state index contributed by atoms with van der Waals surface area (Å²) in [4.78, 5) is 14.5. The fourth-order valence-corrected chi connectivity index (χ4v) is 2.14. The highest BCUT2D eigenvalue weighted by molar-refractivity contribution is 14.1. The Kier molecular flexibility index (Phi) is 4.49. The van der Waals surface area contributed by atoms with Gasteiger partial charge in [0.2, 0.25) is 0 Å². The maximum atomic E-state index is 10.7. The van der Waals surface area contributed by atoms with Gasteiger partial charge in [0.15, 0.2) is 0 Å². The third kappa shape index (κ3) is 3.74. The first kappa shape index (κ1) is 14.0. The first-order chi connectivity index (χ1) is 9.06. The second kappa shape index (κ2) is 6.12. The van der Waals surface area contributed by atoms with Crippen LogP contribution in [0.3, 0.4) is 0 Å². The minimum atomic E-state index is -0.459. The average Bonchev–Trinajstić information content (AvgIpc) is 2.37. The van der Waals surface area contributed by atoms with Crippen LogP contribution in [0.5, 0.6) is 0 Å². The van der Waals surface area contributed by atoms with Gasteiger partial charge in [-0.3, -0.25) is 15.1 Å². The Morgan fingerprint density at radius 1 is 1.26 bits per heavy atom. The Hall–Kier alpha value is -1.47. The minimum absolute atomic E-state index is 0.00603. The van der Waals surface area contributed by atoms with E-state index in [1.54, 1.807) is 0 Å². The molecule has 0 aliphatic carbocycles. The molecule has 2 aromatic carbocycles. The van der Waals surface area contributed by atoms with Crippen molar-refractivity contribution in [3.8, 4) is 0 Å². The molecule has 0 aliphatic heterocycles. The molecule has 0 spiro atoms. The first-order valence-corrected chi connectivity index (χ1v) is 6.75. The van der Waals surface area contributed by atoms with E-state index in [0.29, 0.717) is 10.6 Å². The zero-order valence-electron chi connectivity index (χ0n) is 9.59. The summed E-state index contributed by atoms with van der Waals surface area (Å²) in [7, 11) is 0. The average molecular weight is 387 g/mol. The molecule has 96 valence electrons. The minimum Gasteiger partial charge on any atom is -0.258 e. The van der Waals surface area contributed by atoms with E-state index in [4.69, 9.17) is 11.6 Å². The molecule has 0 fully saturated rings. The standard InChI is InChI=1S/C13H8ClIN2O2/c14-13-5-4-12(17(18)19)6-9(13)8-16-11-3-1-2-10(15)7-11/h1-8H.